The van der Waals surface area contributed by atoms with Gasteiger partial charge in [0.2, 0.25) is 0 Å². The van der Waals surface area contributed by atoms with Crippen molar-refractivity contribution in [1.82, 2.24) is 15.1 Å². The maximum Gasteiger partial charge on any atom is 0.268 e. The topological polar surface area (TPSA) is 50.2 Å². The Hall–Kier alpha value is -1.36. The van der Waals surface area contributed by atoms with E-state index in [4.69, 9.17) is 0 Å². The average molecular weight is 280 g/mol. The fourth-order valence-electron chi connectivity index (χ4n) is 2.13. The summed E-state index contributed by atoms with van der Waals surface area (Å²) in [6.07, 6.45) is 4.92. The van der Waals surface area contributed by atoms with Crippen molar-refractivity contribution >= 4 is 5.69 Å². The Morgan fingerprint density at radius 1 is 1.35 bits per heavy atom. The lowest BCUT2D eigenvalue weighted by atomic mass is 10.2. The van der Waals surface area contributed by atoms with E-state index in [9.17, 15) is 4.79 Å². The molecule has 1 aromatic heterocycles. The molecule has 5 heteroatoms. The minimum absolute atomic E-state index is 0.0257. The van der Waals surface area contributed by atoms with E-state index < -0.39 is 0 Å². The zero-order chi connectivity index (χ0) is 15.0. The van der Waals surface area contributed by atoms with E-state index >= 15 is 0 Å². The number of aromatic nitrogens is 2. The molecule has 0 aliphatic rings. The van der Waals surface area contributed by atoms with Crippen LogP contribution in [0, 0.1) is 0 Å². The molecule has 0 radical (unpaired) electrons. The molecule has 20 heavy (non-hydrogen) atoms. The molecule has 0 aliphatic heterocycles. The van der Waals surface area contributed by atoms with Crippen molar-refractivity contribution in [2.75, 3.05) is 25.0 Å². The van der Waals surface area contributed by atoms with Crippen LogP contribution in [0.25, 0.3) is 0 Å². The molecular weight excluding hydrogens is 252 g/mol. The summed E-state index contributed by atoms with van der Waals surface area (Å²) in [6, 6.07) is 1.98. The van der Waals surface area contributed by atoms with Crippen molar-refractivity contribution in [3.8, 4) is 0 Å². The third kappa shape index (κ3) is 4.96. The summed E-state index contributed by atoms with van der Waals surface area (Å²) in [5.41, 5.74) is 0.866. The molecule has 1 N–H and O–H groups in total. The van der Waals surface area contributed by atoms with Crippen molar-refractivity contribution in [2.24, 2.45) is 0 Å². The molecule has 114 valence electrons. The maximum absolute atomic E-state index is 12.1. The van der Waals surface area contributed by atoms with Crippen LogP contribution in [0.5, 0.6) is 0 Å². The van der Waals surface area contributed by atoms with Gasteiger partial charge in [0.15, 0.2) is 0 Å². The molecule has 0 bridgehead atoms. The van der Waals surface area contributed by atoms with Gasteiger partial charge in [-0.3, -0.25) is 4.79 Å². The molecule has 1 heterocycles. The van der Waals surface area contributed by atoms with Crippen LogP contribution in [0.3, 0.4) is 0 Å². The summed E-state index contributed by atoms with van der Waals surface area (Å²) in [7, 11) is 1.99. The van der Waals surface area contributed by atoms with Gasteiger partial charge in [-0.05, 0) is 25.8 Å². The molecule has 1 unspecified atom stereocenters. The monoisotopic (exact) mass is 280 g/mol. The van der Waals surface area contributed by atoms with E-state index in [0.717, 1.165) is 38.0 Å². The first-order chi connectivity index (χ1) is 9.62. The number of nitrogens with one attached hydrogen (secondary N) is 1. The second kappa shape index (κ2) is 8.74. The van der Waals surface area contributed by atoms with Crippen LogP contribution >= 0.6 is 0 Å². The van der Waals surface area contributed by atoms with Gasteiger partial charge in [-0.15, -0.1) is 0 Å². The molecule has 1 rings (SSSR count). The highest BCUT2D eigenvalue weighted by Gasteiger charge is 2.09. The zero-order valence-electron chi connectivity index (χ0n) is 13.2. The standard InChI is InChI=1S/C15H28N4O/c1-5-8-16-13(7-3)12-19-15(20)10-14(11-17-19)18(4)9-6-2/h10-11,13,16H,5-9,12H2,1-4H3. The Balaban J connectivity index is 2.74. The molecule has 0 fully saturated rings. The highest BCUT2D eigenvalue weighted by atomic mass is 16.1. The van der Waals surface area contributed by atoms with E-state index in [-0.39, 0.29) is 5.56 Å². The lowest BCUT2D eigenvalue weighted by Crippen LogP contribution is -2.37. The summed E-state index contributed by atoms with van der Waals surface area (Å²) in [6.45, 7) is 8.93. The van der Waals surface area contributed by atoms with Gasteiger partial charge in [-0.1, -0.05) is 20.8 Å². The van der Waals surface area contributed by atoms with Crippen LogP contribution < -0.4 is 15.8 Å². The van der Waals surface area contributed by atoms with Gasteiger partial charge < -0.3 is 10.2 Å². The second-order valence-electron chi connectivity index (χ2n) is 5.21. The molecule has 0 aromatic carbocycles. The van der Waals surface area contributed by atoms with Crippen LogP contribution in [-0.2, 0) is 6.54 Å². The normalized spacial score (nSPS) is 12.4. The van der Waals surface area contributed by atoms with E-state index in [1.165, 1.54) is 0 Å². The number of hydrogen-bond acceptors (Lipinski definition) is 4. The van der Waals surface area contributed by atoms with Gasteiger partial charge in [-0.2, -0.15) is 5.10 Å². The van der Waals surface area contributed by atoms with Crippen molar-refractivity contribution in [3.63, 3.8) is 0 Å². The predicted molar refractivity (Wildman–Crippen MR) is 84.4 cm³/mol. The average Bonchev–Trinajstić information content (AvgIpc) is 2.45. The van der Waals surface area contributed by atoms with Crippen LogP contribution in [0.4, 0.5) is 5.69 Å². The maximum atomic E-state index is 12.1. The molecule has 5 nitrogen and oxygen atoms in total. The number of hydrogen-bond donors (Lipinski definition) is 1. The minimum atomic E-state index is -0.0257. The van der Waals surface area contributed by atoms with Gasteiger partial charge in [0.1, 0.15) is 0 Å². The summed E-state index contributed by atoms with van der Waals surface area (Å²) < 4.78 is 1.56. The second-order valence-corrected chi connectivity index (χ2v) is 5.21. The largest absolute Gasteiger partial charge is 0.373 e. The van der Waals surface area contributed by atoms with E-state index in [2.05, 4.69) is 36.1 Å². The third-order valence-electron chi connectivity index (χ3n) is 3.42. The van der Waals surface area contributed by atoms with E-state index in [1.807, 2.05) is 7.05 Å². The number of rotatable bonds is 9. The summed E-state index contributed by atoms with van der Waals surface area (Å²) in [5, 5.41) is 7.74. The molecule has 0 amide bonds. The molecule has 0 aliphatic carbocycles. The highest BCUT2D eigenvalue weighted by Crippen LogP contribution is 2.07. The summed E-state index contributed by atoms with van der Waals surface area (Å²) >= 11 is 0. The van der Waals surface area contributed by atoms with Gasteiger partial charge >= 0.3 is 0 Å². The van der Waals surface area contributed by atoms with Crippen LogP contribution in [0.15, 0.2) is 17.1 Å². The minimum Gasteiger partial charge on any atom is -0.373 e. The van der Waals surface area contributed by atoms with Crippen LogP contribution in [-0.4, -0.2) is 36.0 Å². The first-order valence-corrected chi connectivity index (χ1v) is 7.64. The van der Waals surface area contributed by atoms with Gasteiger partial charge in [0.05, 0.1) is 18.4 Å². The summed E-state index contributed by atoms with van der Waals surface area (Å²) in [4.78, 5) is 14.2. The SMILES string of the molecule is CCCNC(CC)Cn1ncc(N(C)CCC)cc1=O. The summed E-state index contributed by atoms with van der Waals surface area (Å²) in [5.74, 6) is 0. The number of nitrogens with zero attached hydrogens (tertiary/aromatic N) is 3. The van der Waals surface area contributed by atoms with E-state index in [0.29, 0.717) is 12.6 Å². The molecular formula is C15H28N4O. The lowest BCUT2D eigenvalue weighted by molar-refractivity contribution is 0.406. The van der Waals surface area contributed by atoms with E-state index in [1.54, 1.807) is 16.9 Å². The Labute approximate surface area is 122 Å². The third-order valence-corrected chi connectivity index (χ3v) is 3.42. The molecule has 0 saturated heterocycles. The molecule has 1 atom stereocenters. The first-order valence-electron chi connectivity index (χ1n) is 7.64. The number of anilines is 1. The van der Waals surface area contributed by atoms with Crippen molar-refractivity contribution in [1.29, 1.82) is 0 Å². The quantitative estimate of drug-likeness (QED) is 0.750. The highest BCUT2D eigenvalue weighted by molar-refractivity contribution is 5.41. The van der Waals surface area contributed by atoms with Crippen LogP contribution in [0.1, 0.15) is 40.0 Å². The van der Waals surface area contributed by atoms with Gasteiger partial charge in [0.25, 0.3) is 5.56 Å². The smallest absolute Gasteiger partial charge is 0.268 e. The van der Waals surface area contributed by atoms with Gasteiger partial charge in [-0.25, -0.2) is 4.68 Å². The molecule has 0 saturated carbocycles. The van der Waals surface area contributed by atoms with Gasteiger partial charge in [0, 0.05) is 25.7 Å². The zero-order valence-corrected chi connectivity index (χ0v) is 13.2. The van der Waals surface area contributed by atoms with Crippen molar-refractivity contribution in [2.45, 2.75) is 52.6 Å². The predicted octanol–water partition coefficient (Wildman–Crippen LogP) is 1.87. The molecule has 0 spiro atoms. The van der Waals surface area contributed by atoms with Crippen LogP contribution in [0.2, 0.25) is 0 Å². The Morgan fingerprint density at radius 2 is 2.10 bits per heavy atom. The Kier molecular flexibility index (Phi) is 7.30. The fourth-order valence-corrected chi connectivity index (χ4v) is 2.13. The molecule has 1 aromatic rings. The first kappa shape index (κ1) is 16.7. The van der Waals surface area contributed by atoms with Crippen molar-refractivity contribution in [3.05, 3.63) is 22.6 Å². The fraction of sp³-hybridized carbons (Fsp3) is 0.733. The Morgan fingerprint density at radius 3 is 2.65 bits per heavy atom. The lowest BCUT2D eigenvalue weighted by Gasteiger charge is -2.20. The Bertz CT molecular complexity index is 444. The van der Waals surface area contributed by atoms with Crippen molar-refractivity contribution < 1.29 is 0 Å².